The van der Waals surface area contributed by atoms with Crippen molar-refractivity contribution in [1.82, 2.24) is 0 Å². The van der Waals surface area contributed by atoms with Crippen LogP contribution in [0.5, 0.6) is 0 Å². The molecule has 0 aliphatic heterocycles. The largest absolute Gasteiger partial charge is 0.214 e. The molecule has 1 rings (SSSR count). The maximum absolute atomic E-state index is 11.3. The van der Waals surface area contributed by atoms with Crippen LogP contribution in [-0.2, 0) is 25.8 Å². The molecule has 0 amide bonds. The molecule has 0 aliphatic rings. The minimum Gasteiger partial charge on any atom is -0.214 e. The Kier molecular flexibility index (Phi) is 32.8. The standard InChI is InChI=1S/C5H5.C3F9Ge.3C3H8O.Hf/c1-2-4-5-3-1;4-1(5,6)13(2(7,8)9)3(10,11)12;3*1-2-3-4;/h1-5H;;3*4H,2-3H2,1H3;/q-1;;;;;. The van der Waals surface area contributed by atoms with Crippen LogP contribution in [0.1, 0.15) is 40.0 Å². The number of hydrogen-bond acceptors (Lipinski definition) is 3. The zero-order valence-corrected chi connectivity index (χ0v) is 23.1. The van der Waals surface area contributed by atoms with Crippen molar-refractivity contribution in [3.8, 4) is 0 Å². The van der Waals surface area contributed by atoms with E-state index < -0.39 is 29.4 Å². The van der Waals surface area contributed by atoms with Gasteiger partial charge >= 0.3 is 68.9 Å². The molecule has 0 saturated heterocycles. The average molecular weight is 703 g/mol. The van der Waals surface area contributed by atoms with E-state index in [1.807, 2.05) is 51.1 Å². The first kappa shape index (κ1) is 41.3. The van der Waals surface area contributed by atoms with Crippen molar-refractivity contribution >= 4 is 14.3 Å². The van der Waals surface area contributed by atoms with Gasteiger partial charge in [-0.2, -0.15) is 18.2 Å². The summed E-state index contributed by atoms with van der Waals surface area (Å²) in [6, 6.07) is 10.0. The zero-order valence-electron chi connectivity index (χ0n) is 17.4. The Morgan fingerprint density at radius 2 is 0.806 bits per heavy atom. The van der Waals surface area contributed by atoms with Gasteiger partial charge in [-0.15, -0.1) is 0 Å². The van der Waals surface area contributed by atoms with Crippen molar-refractivity contribution in [2.75, 3.05) is 19.8 Å². The van der Waals surface area contributed by atoms with E-state index in [0.717, 1.165) is 19.3 Å². The SMILES string of the molecule is CCCO.CCCO.CCCO.F[C](F)(F)[Ge]([C](F)(F)F)[C](F)(F)F.[Hf].c1cc[cH-]c1. The molecule has 0 atom stereocenters. The van der Waals surface area contributed by atoms with Crippen molar-refractivity contribution in [1.29, 1.82) is 0 Å². The molecule has 0 bridgehead atoms. The topological polar surface area (TPSA) is 60.7 Å². The third-order valence-corrected chi connectivity index (χ3v) is 5.65. The smallest absolute Gasteiger partial charge is 0 e. The Hall–Kier alpha value is 0.0130. The fraction of sp³-hybridized carbons (Fsp3) is 0.706. The molecule has 31 heavy (non-hydrogen) atoms. The van der Waals surface area contributed by atoms with Crippen LogP contribution in [0.25, 0.3) is 0 Å². The summed E-state index contributed by atoms with van der Waals surface area (Å²) in [4.78, 5) is 0. The first-order valence-corrected chi connectivity index (χ1v) is 11.8. The van der Waals surface area contributed by atoms with Gasteiger partial charge in [-0.3, -0.25) is 0 Å². The van der Waals surface area contributed by atoms with Crippen LogP contribution < -0.4 is 0 Å². The summed E-state index contributed by atoms with van der Waals surface area (Å²) in [5, 5.41) is 5.03. The Labute approximate surface area is 199 Å². The van der Waals surface area contributed by atoms with E-state index in [1.165, 1.54) is 0 Å². The molecule has 14 heteroatoms. The van der Waals surface area contributed by atoms with Crippen molar-refractivity contribution in [2.45, 2.75) is 55.1 Å². The van der Waals surface area contributed by atoms with Gasteiger partial charge in [-0.1, -0.05) is 20.8 Å². The van der Waals surface area contributed by atoms with E-state index in [2.05, 4.69) is 0 Å². The molecule has 1 aromatic carbocycles. The van der Waals surface area contributed by atoms with Crippen LogP contribution in [-0.4, -0.2) is 64.5 Å². The maximum atomic E-state index is 11.3. The first-order chi connectivity index (χ1) is 13.6. The van der Waals surface area contributed by atoms with Gasteiger partial charge in [0.2, 0.25) is 0 Å². The molecule has 0 aliphatic carbocycles. The fourth-order valence-electron chi connectivity index (χ4n) is 0.803. The van der Waals surface area contributed by atoms with Crippen LogP contribution >= 0.6 is 0 Å². The molecule has 0 saturated carbocycles. The molecule has 0 unspecified atom stereocenters. The number of halogens is 9. The second kappa shape index (κ2) is 24.7. The van der Waals surface area contributed by atoms with Gasteiger partial charge in [0.25, 0.3) is 0 Å². The van der Waals surface area contributed by atoms with Gasteiger partial charge in [0, 0.05) is 45.7 Å². The van der Waals surface area contributed by atoms with Gasteiger partial charge < -0.3 is 15.3 Å². The number of rotatable bonds is 3. The van der Waals surface area contributed by atoms with Crippen LogP contribution in [0.4, 0.5) is 39.5 Å². The van der Waals surface area contributed by atoms with Gasteiger partial charge in [0.1, 0.15) is 0 Å². The molecule has 3 nitrogen and oxygen atoms in total. The van der Waals surface area contributed by atoms with E-state index in [0.29, 0.717) is 19.8 Å². The summed E-state index contributed by atoms with van der Waals surface area (Å²) in [7, 11) is 0. The summed E-state index contributed by atoms with van der Waals surface area (Å²) in [6.07, 6.45) is 2.62. The van der Waals surface area contributed by atoms with Gasteiger partial charge in [0.05, 0.1) is 0 Å². The van der Waals surface area contributed by atoms with E-state index in [-0.39, 0.29) is 25.8 Å². The van der Waals surface area contributed by atoms with Crippen molar-refractivity contribution < 1.29 is 80.7 Å². The van der Waals surface area contributed by atoms with E-state index in [9.17, 15) is 39.5 Å². The first-order valence-electron chi connectivity index (χ1n) is 8.69. The van der Waals surface area contributed by atoms with Crippen LogP contribution in [0.3, 0.4) is 0 Å². The van der Waals surface area contributed by atoms with Gasteiger partial charge in [-0.25, -0.2) is 12.1 Å². The number of hydrogen-bond donors (Lipinski definition) is 3. The Morgan fingerprint density at radius 3 is 0.839 bits per heavy atom. The van der Waals surface area contributed by atoms with E-state index in [4.69, 9.17) is 15.3 Å². The molecular weight excluding hydrogens is 674 g/mol. The fourth-order valence-corrected chi connectivity index (χ4v) is 2.83. The molecule has 1 aromatic rings. The van der Waals surface area contributed by atoms with E-state index >= 15 is 0 Å². The molecule has 187 valence electrons. The summed E-state index contributed by atoms with van der Waals surface area (Å²) < 4.78 is 102. The minimum atomic E-state index is -7.10. The monoisotopic (exact) mass is 706 g/mol. The molecule has 0 fully saturated rings. The summed E-state index contributed by atoms with van der Waals surface area (Å²) in [5.41, 5.74) is 0. The minimum absolute atomic E-state index is 0. The third kappa shape index (κ3) is 34.8. The van der Waals surface area contributed by atoms with Crippen LogP contribution in [0.15, 0.2) is 30.3 Å². The predicted molar refractivity (Wildman–Crippen MR) is 98.1 cm³/mol. The van der Waals surface area contributed by atoms with Crippen molar-refractivity contribution in [3.63, 3.8) is 0 Å². The number of aliphatic hydroxyl groups excluding tert-OH is 3. The molecule has 0 aromatic heterocycles. The number of alkyl halides is 9. The molecule has 1 radical (unpaired) electrons. The number of aliphatic hydroxyl groups is 3. The Morgan fingerprint density at radius 1 is 0.613 bits per heavy atom. The Bertz CT molecular complexity index is 360. The third-order valence-electron chi connectivity index (χ3n) is 2.08. The van der Waals surface area contributed by atoms with Gasteiger partial charge in [0.15, 0.2) is 0 Å². The molecule has 3 N–H and O–H groups in total. The summed E-state index contributed by atoms with van der Waals surface area (Å²) in [5.74, 6) is 0. The maximum Gasteiger partial charge on any atom is 0 e. The molecule has 0 spiro atoms. The van der Waals surface area contributed by atoms with Crippen molar-refractivity contribution in [3.05, 3.63) is 30.3 Å². The second-order valence-electron chi connectivity index (χ2n) is 5.00. The van der Waals surface area contributed by atoms with E-state index in [1.54, 1.807) is 0 Å². The average Bonchev–Trinajstić information content (AvgIpc) is 3.18. The molecular formula is C17H29F9GeHfO3-. The molecule has 0 heterocycles. The summed E-state index contributed by atoms with van der Waals surface area (Å²) in [6.45, 7) is 6.75. The van der Waals surface area contributed by atoms with Crippen LogP contribution in [0, 0.1) is 0 Å². The van der Waals surface area contributed by atoms with Crippen LogP contribution in [0.2, 0.25) is 0 Å². The van der Waals surface area contributed by atoms with Gasteiger partial charge in [-0.05, 0) is 19.3 Å². The zero-order chi connectivity index (χ0) is 24.9. The second-order valence-corrected chi connectivity index (χ2v) is 10.1. The summed E-state index contributed by atoms with van der Waals surface area (Å²) >= 11 is -7.10. The normalized spacial score (nSPS) is 10.6. The Balaban J connectivity index is -0.000000103. The quantitative estimate of drug-likeness (QED) is 0.226. The predicted octanol–water partition coefficient (Wildman–Crippen LogP) is 5.35. The van der Waals surface area contributed by atoms with Crippen molar-refractivity contribution in [2.24, 2.45) is 0 Å².